The number of halogens is 2. The van der Waals surface area contributed by atoms with Gasteiger partial charge in [-0.05, 0) is 62.5 Å². The first-order valence-electron chi connectivity index (χ1n) is 5.73. The lowest BCUT2D eigenvalue weighted by atomic mass is 10.2. The third kappa shape index (κ3) is 3.29. The van der Waals surface area contributed by atoms with E-state index in [2.05, 4.69) is 54.1 Å². The maximum atomic E-state index is 4.49. The second-order valence-electron chi connectivity index (χ2n) is 3.82. The van der Waals surface area contributed by atoms with Crippen LogP contribution in [0, 0.1) is 0 Å². The fourth-order valence-electron chi connectivity index (χ4n) is 1.48. The van der Waals surface area contributed by atoms with Crippen LogP contribution in [0.4, 0.5) is 5.82 Å². The van der Waals surface area contributed by atoms with Crippen molar-refractivity contribution in [3.8, 4) is 11.4 Å². The van der Waals surface area contributed by atoms with Gasteiger partial charge in [0.2, 0.25) is 0 Å². The monoisotopic (exact) mass is 369 g/mol. The van der Waals surface area contributed by atoms with Crippen molar-refractivity contribution < 1.29 is 0 Å². The first kappa shape index (κ1) is 13.5. The van der Waals surface area contributed by atoms with Crippen LogP contribution in [0.15, 0.2) is 39.4 Å². The van der Waals surface area contributed by atoms with E-state index in [9.17, 15) is 0 Å². The van der Waals surface area contributed by atoms with Crippen LogP contribution < -0.4 is 5.32 Å². The number of nitrogens with one attached hydrogen (secondary N) is 1. The molecule has 0 saturated carbocycles. The molecule has 0 fully saturated rings. The molecule has 1 aromatic carbocycles. The van der Waals surface area contributed by atoms with E-state index in [0.717, 1.165) is 39.1 Å². The van der Waals surface area contributed by atoms with Gasteiger partial charge < -0.3 is 5.32 Å². The maximum absolute atomic E-state index is 4.49. The number of rotatable bonds is 4. The van der Waals surface area contributed by atoms with Gasteiger partial charge in [-0.25, -0.2) is 9.97 Å². The summed E-state index contributed by atoms with van der Waals surface area (Å²) in [5.74, 6) is 1.59. The van der Waals surface area contributed by atoms with E-state index in [1.807, 2.05) is 24.3 Å². The summed E-state index contributed by atoms with van der Waals surface area (Å²) in [5.41, 5.74) is 0.991. The summed E-state index contributed by atoms with van der Waals surface area (Å²) < 4.78 is 2.02. The van der Waals surface area contributed by atoms with Crippen molar-refractivity contribution in [3.05, 3.63) is 39.4 Å². The molecular weight excluding hydrogens is 358 g/mol. The molecule has 2 aromatic rings. The zero-order valence-electron chi connectivity index (χ0n) is 9.95. The summed E-state index contributed by atoms with van der Waals surface area (Å²) in [4.78, 5) is 8.79. The molecule has 0 saturated heterocycles. The number of hydrogen-bond acceptors (Lipinski definition) is 3. The quantitative estimate of drug-likeness (QED) is 0.861. The van der Waals surface area contributed by atoms with Crippen LogP contribution in [0.5, 0.6) is 0 Å². The summed E-state index contributed by atoms with van der Waals surface area (Å²) in [6.45, 7) is 3.04. The number of hydrogen-bond donors (Lipinski definition) is 1. The predicted octanol–water partition coefficient (Wildman–Crippen LogP) is 4.49. The van der Waals surface area contributed by atoms with E-state index < -0.39 is 0 Å². The van der Waals surface area contributed by atoms with Crippen LogP contribution in [-0.4, -0.2) is 16.5 Å². The molecule has 0 radical (unpaired) electrons. The van der Waals surface area contributed by atoms with Crippen LogP contribution in [0.2, 0.25) is 0 Å². The molecule has 0 aliphatic heterocycles. The molecular formula is C13H13Br2N3. The molecule has 0 bridgehead atoms. The third-order valence-corrected chi connectivity index (χ3v) is 4.27. The zero-order chi connectivity index (χ0) is 13.0. The molecule has 0 amide bonds. The Balaban J connectivity index is 2.29. The fraction of sp³-hybridized carbons (Fsp3) is 0.231. The van der Waals surface area contributed by atoms with Crippen molar-refractivity contribution in [1.82, 2.24) is 9.97 Å². The molecule has 1 N–H and O–H groups in total. The second-order valence-corrected chi connectivity index (χ2v) is 5.53. The maximum Gasteiger partial charge on any atom is 0.161 e. The Kier molecular flexibility index (Phi) is 4.72. The van der Waals surface area contributed by atoms with E-state index in [4.69, 9.17) is 0 Å². The molecule has 0 spiro atoms. The van der Waals surface area contributed by atoms with Crippen molar-refractivity contribution in [3.63, 3.8) is 0 Å². The average molecular weight is 371 g/mol. The number of anilines is 1. The van der Waals surface area contributed by atoms with Crippen LogP contribution in [0.3, 0.4) is 0 Å². The minimum Gasteiger partial charge on any atom is -0.370 e. The molecule has 94 valence electrons. The topological polar surface area (TPSA) is 37.8 Å². The summed E-state index contributed by atoms with van der Waals surface area (Å²) in [6.07, 6.45) is 2.85. The minimum atomic E-state index is 0.726. The van der Waals surface area contributed by atoms with Crippen LogP contribution >= 0.6 is 31.9 Å². The Morgan fingerprint density at radius 3 is 2.72 bits per heavy atom. The Morgan fingerprint density at radius 2 is 2.00 bits per heavy atom. The van der Waals surface area contributed by atoms with Crippen LogP contribution in [0.25, 0.3) is 11.4 Å². The van der Waals surface area contributed by atoms with Crippen molar-refractivity contribution in [2.24, 2.45) is 0 Å². The van der Waals surface area contributed by atoms with Crippen molar-refractivity contribution in [2.75, 3.05) is 11.9 Å². The summed E-state index contributed by atoms with van der Waals surface area (Å²) >= 11 is 6.94. The molecule has 2 rings (SSSR count). The minimum absolute atomic E-state index is 0.726. The number of nitrogens with zero attached hydrogens (tertiary/aromatic N) is 2. The third-order valence-electron chi connectivity index (χ3n) is 2.39. The molecule has 3 nitrogen and oxygen atoms in total. The molecule has 1 aromatic heterocycles. The number of benzene rings is 1. The largest absolute Gasteiger partial charge is 0.370 e. The molecule has 18 heavy (non-hydrogen) atoms. The van der Waals surface area contributed by atoms with Gasteiger partial charge in [0.1, 0.15) is 5.82 Å². The average Bonchev–Trinajstić information content (AvgIpc) is 2.40. The smallest absolute Gasteiger partial charge is 0.161 e. The van der Waals surface area contributed by atoms with E-state index >= 15 is 0 Å². The second kappa shape index (κ2) is 6.29. The van der Waals surface area contributed by atoms with E-state index in [1.165, 1.54) is 0 Å². The molecule has 5 heteroatoms. The fourth-order valence-corrected chi connectivity index (χ4v) is 2.11. The van der Waals surface area contributed by atoms with Gasteiger partial charge in [0.25, 0.3) is 0 Å². The van der Waals surface area contributed by atoms with Crippen molar-refractivity contribution in [1.29, 1.82) is 0 Å². The predicted molar refractivity (Wildman–Crippen MR) is 81.6 cm³/mol. The van der Waals surface area contributed by atoms with Gasteiger partial charge in [-0.15, -0.1) is 0 Å². The highest BCUT2D eigenvalue weighted by Gasteiger charge is 2.05. The van der Waals surface area contributed by atoms with Gasteiger partial charge in [0.05, 0.1) is 0 Å². The van der Waals surface area contributed by atoms with Gasteiger partial charge >= 0.3 is 0 Å². The first-order chi connectivity index (χ1) is 8.70. The lowest BCUT2D eigenvalue weighted by molar-refractivity contribution is 0.966. The van der Waals surface area contributed by atoms with Gasteiger partial charge in [-0.3, -0.25) is 0 Å². The van der Waals surface area contributed by atoms with Gasteiger partial charge in [0.15, 0.2) is 5.82 Å². The molecule has 0 atom stereocenters. The summed E-state index contributed by atoms with van der Waals surface area (Å²) in [6, 6.07) is 7.86. The van der Waals surface area contributed by atoms with Gasteiger partial charge in [-0.2, -0.15) is 0 Å². The molecule has 0 aliphatic rings. The molecule has 1 heterocycles. The highest BCUT2D eigenvalue weighted by Crippen LogP contribution is 2.27. The standard InChI is InChI=1S/C13H13Br2N3/c1-2-6-16-12-5-7-17-13(18-12)9-3-4-10(14)11(15)8-9/h3-5,7-8H,2,6H2,1H3,(H,16,17,18). The first-order valence-corrected chi connectivity index (χ1v) is 7.31. The molecule has 0 aliphatic carbocycles. The zero-order valence-corrected chi connectivity index (χ0v) is 13.1. The van der Waals surface area contributed by atoms with E-state index in [0.29, 0.717) is 0 Å². The lowest BCUT2D eigenvalue weighted by Gasteiger charge is -2.06. The Labute approximate surface area is 123 Å². The van der Waals surface area contributed by atoms with E-state index in [-0.39, 0.29) is 0 Å². The normalized spacial score (nSPS) is 10.4. The van der Waals surface area contributed by atoms with E-state index in [1.54, 1.807) is 6.20 Å². The summed E-state index contributed by atoms with van der Waals surface area (Å²) in [5, 5.41) is 3.26. The Morgan fingerprint density at radius 1 is 1.17 bits per heavy atom. The summed E-state index contributed by atoms with van der Waals surface area (Å²) in [7, 11) is 0. The highest BCUT2D eigenvalue weighted by atomic mass is 79.9. The van der Waals surface area contributed by atoms with Gasteiger partial charge in [-0.1, -0.05) is 6.92 Å². The lowest BCUT2D eigenvalue weighted by Crippen LogP contribution is -2.03. The Bertz CT molecular complexity index is 544. The number of aromatic nitrogens is 2. The van der Waals surface area contributed by atoms with Crippen LogP contribution in [0.1, 0.15) is 13.3 Å². The Hall–Kier alpha value is -0.940. The SMILES string of the molecule is CCCNc1ccnc(-c2ccc(Br)c(Br)c2)n1. The van der Waals surface area contributed by atoms with Crippen molar-refractivity contribution in [2.45, 2.75) is 13.3 Å². The molecule has 0 unspecified atom stereocenters. The van der Waals surface area contributed by atoms with Crippen LogP contribution in [-0.2, 0) is 0 Å². The van der Waals surface area contributed by atoms with Crippen molar-refractivity contribution >= 4 is 37.7 Å². The van der Waals surface area contributed by atoms with Gasteiger partial charge in [0, 0.05) is 27.3 Å². The highest BCUT2D eigenvalue weighted by molar-refractivity contribution is 9.13.